The van der Waals surface area contributed by atoms with Crippen molar-refractivity contribution < 1.29 is 9.84 Å². The lowest BCUT2D eigenvalue weighted by molar-refractivity contribution is -0.0191. The Morgan fingerprint density at radius 3 is 2.23 bits per heavy atom. The van der Waals surface area contributed by atoms with E-state index in [1.807, 2.05) is 37.3 Å². The Bertz CT molecular complexity index is 204. The summed E-state index contributed by atoms with van der Waals surface area (Å²) in [5.41, 5.74) is 0. The van der Waals surface area contributed by atoms with Gasteiger partial charge in [0.15, 0.2) is 6.29 Å². The highest BCUT2D eigenvalue weighted by molar-refractivity contribution is 5.85. The molecule has 1 rings (SSSR count). The molecule has 0 aliphatic rings. The van der Waals surface area contributed by atoms with E-state index in [9.17, 15) is 0 Å². The third-order valence-electron chi connectivity index (χ3n) is 1.36. The van der Waals surface area contributed by atoms with Crippen LogP contribution in [0.1, 0.15) is 13.3 Å². The molecule has 1 aromatic rings. The van der Waals surface area contributed by atoms with Crippen molar-refractivity contribution in [3.63, 3.8) is 0 Å². The predicted octanol–water partition coefficient (Wildman–Crippen LogP) is 2.64. The molecule has 1 N–H and O–H groups in total. The number of rotatable bonds is 3. The van der Waals surface area contributed by atoms with E-state index in [4.69, 9.17) is 9.84 Å². The number of hydrogen-bond acceptors (Lipinski definition) is 2. The molecule has 0 saturated carbocycles. The lowest BCUT2D eigenvalue weighted by Gasteiger charge is -2.10. The minimum atomic E-state index is -0.683. The second kappa shape index (κ2) is 8.17. The maximum atomic E-state index is 9.09. The lowest BCUT2D eigenvalue weighted by atomic mass is 10.3. The van der Waals surface area contributed by atoms with Gasteiger partial charge in [0, 0.05) is 6.42 Å². The lowest BCUT2D eigenvalue weighted by Crippen LogP contribution is -2.13. The number of halogens is 2. The Labute approximate surface area is 90.7 Å². The van der Waals surface area contributed by atoms with Crippen LogP contribution in [0.4, 0.5) is 0 Å². The van der Waals surface area contributed by atoms with Crippen molar-refractivity contribution in [3.05, 3.63) is 30.3 Å². The van der Waals surface area contributed by atoms with Crippen LogP contribution >= 0.6 is 24.8 Å². The molecule has 76 valence electrons. The normalized spacial score (nSPS) is 10.6. The van der Waals surface area contributed by atoms with Crippen LogP contribution in [-0.2, 0) is 0 Å². The number of ether oxygens (including phenoxy) is 1. The van der Waals surface area contributed by atoms with Gasteiger partial charge in [0.25, 0.3) is 0 Å². The summed E-state index contributed by atoms with van der Waals surface area (Å²) in [4.78, 5) is 0. The van der Waals surface area contributed by atoms with E-state index in [-0.39, 0.29) is 24.8 Å². The maximum absolute atomic E-state index is 9.09. The van der Waals surface area contributed by atoms with Gasteiger partial charge in [-0.15, -0.1) is 24.8 Å². The Kier molecular flexibility index (Phi) is 9.46. The zero-order chi connectivity index (χ0) is 8.10. The van der Waals surface area contributed by atoms with Crippen LogP contribution in [0.15, 0.2) is 30.3 Å². The van der Waals surface area contributed by atoms with E-state index in [0.29, 0.717) is 12.2 Å². The second-order valence-corrected chi connectivity index (χ2v) is 2.29. The van der Waals surface area contributed by atoms with Crippen LogP contribution in [0.5, 0.6) is 5.75 Å². The van der Waals surface area contributed by atoms with Gasteiger partial charge < -0.3 is 9.84 Å². The van der Waals surface area contributed by atoms with Gasteiger partial charge >= 0.3 is 0 Å². The smallest absolute Gasteiger partial charge is 0.197 e. The molecule has 1 unspecified atom stereocenters. The minimum Gasteiger partial charge on any atom is -0.465 e. The van der Waals surface area contributed by atoms with Crippen LogP contribution in [0.25, 0.3) is 0 Å². The molecule has 0 fully saturated rings. The van der Waals surface area contributed by atoms with Gasteiger partial charge in [-0.25, -0.2) is 0 Å². The largest absolute Gasteiger partial charge is 0.465 e. The molecule has 0 spiro atoms. The molecular formula is C9H14Cl2O2. The molecule has 0 aliphatic heterocycles. The highest BCUT2D eigenvalue weighted by Crippen LogP contribution is 2.10. The summed E-state index contributed by atoms with van der Waals surface area (Å²) in [5, 5.41) is 9.09. The van der Waals surface area contributed by atoms with Crippen molar-refractivity contribution in [2.45, 2.75) is 19.6 Å². The topological polar surface area (TPSA) is 29.5 Å². The average molecular weight is 225 g/mol. The number of hydrogen-bond donors (Lipinski definition) is 1. The van der Waals surface area contributed by atoms with Crippen LogP contribution in [0.2, 0.25) is 0 Å². The summed E-state index contributed by atoms with van der Waals surface area (Å²) in [6.45, 7) is 1.87. The molecule has 0 bridgehead atoms. The number of benzene rings is 1. The molecule has 0 amide bonds. The highest BCUT2D eigenvalue weighted by Gasteiger charge is 1.99. The first kappa shape index (κ1) is 15.1. The predicted molar refractivity (Wildman–Crippen MR) is 57.9 cm³/mol. The molecule has 0 saturated heterocycles. The minimum absolute atomic E-state index is 0. The van der Waals surface area contributed by atoms with E-state index in [1.54, 1.807) is 0 Å². The molecule has 2 nitrogen and oxygen atoms in total. The van der Waals surface area contributed by atoms with Gasteiger partial charge in [-0.05, 0) is 12.1 Å². The van der Waals surface area contributed by atoms with Gasteiger partial charge in [0.2, 0.25) is 0 Å². The Hall–Kier alpha value is -0.440. The average Bonchev–Trinajstić information content (AvgIpc) is 2.06. The molecule has 0 heterocycles. The summed E-state index contributed by atoms with van der Waals surface area (Å²) in [6.07, 6.45) is -0.0769. The molecule has 4 heteroatoms. The van der Waals surface area contributed by atoms with E-state index in [1.165, 1.54) is 0 Å². The summed E-state index contributed by atoms with van der Waals surface area (Å²) in [5.74, 6) is 0.710. The van der Waals surface area contributed by atoms with E-state index in [0.717, 1.165) is 0 Å². The van der Waals surface area contributed by atoms with Crippen molar-refractivity contribution in [1.29, 1.82) is 0 Å². The van der Waals surface area contributed by atoms with Gasteiger partial charge in [-0.2, -0.15) is 0 Å². The number of para-hydroxylation sites is 1. The zero-order valence-corrected chi connectivity index (χ0v) is 8.98. The van der Waals surface area contributed by atoms with Crippen LogP contribution in [-0.4, -0.2) is 11.4 Å². The Morgan fingerprint density at radius 2 is 1.77 bits per heavy atom. The monoisotopic (exact) mass is 224 g/mol. The fourth-order valence-corrected chi connectivity index (χ4v) is 0.739. The fourth-order valence-electron chi connectivity index (χ4n) is 0.739. The van der Waals surface area contributed by atoms with Crippen LogP contribution < -0.4 is 4.74 Å². The molecule has 0 aromatic heterocycles. The van der Waals surface area contributed by atoms with Gasteiger partial charge in [-0.1, -0.05) is 25.1 Å². The maximum Gasteiger partial charge on any atom is 0.197 e. The molecule has 1 atom stereocenters. The first-order valence-corrected chi connectivity index (χ1v) is 3.72. The fraction of sp³-hybridized carbons (Fsp3) is 0.333. The number of aliphatic hydroxyl groups excluding tert-OH is 1. The standard InChI is InChI=1S/C9H12O2.2ClH/c1-2-9(10)11-8-6-4-3-5-7-8;;/h3-7,9-10H,2H2,1H3;2*1H. The van der Waals surface area contributed by atoms with E-state index < -0.39 is 6.29 Å². The Morgan fingerprint density at radius 1 is 1.23 bits per heavy atom. The summed E-state index contributed by atoms with van der Waals surface area (Å²) < 4.78 is 5.12. The SMILES string of the molecule is CCC(O)Oc1ccccc1.Cl.Cl. The van der Waals surface area contributed by atoms with E-state index >= 15 is 0 Å². The van der Waals surface area contributed by atoms with Crippen LogP contribution in [0, 0.1) is 0 Å². The summed E-state index contributed by atoms with van der Waals surface area (Å²) in [7, 11) is 0. The van der Waals surface area contributed by atoms with Crippen molar-refractivity contribution in [3.8, 4) is 5.75 Å². The van der Waals surface area contributed by atoms with Crippen LogP contribution in [0.3, 0.4) is 0 Å². The molecule has 0 radical (unpaired) electrons. The van der Waals surface area contributed by atoms with Crippen molar-refractivity contribution in [2.24, 2.45) is 0 Å². The quantitative estimate of drug-likeness (QED) is 0.801. The second-order valence-electron chi connectivity index (χ2n) is 2.29. The van der Waals surface area contributed by atoms with Crippen molar-refractivity contribution >= 4 is 24.8 Å². The Balaban J connectivity index is 0. The third kappa shape index (κ3) is 5.75. The summed E-state index contributed by atoms with van der Waals surface area (Å²) in [6, 6.07) is 9.29. The summed E-state index contributed by atoms with van der Waals surface area (Å²) >= 11 is 0. The van der Waals surface area contributed by atoms with Crippen molar-refractivity contribution in [1.82, 2.24) is 0 Å². The molecule has 0 aliphatic carbocycles. The third-order valence-corrected chi connectivity index (χ3v) is 1.36. The van der Waals surface area contributed by atoms with E-state index in [2.05, 4.69) is 0 Å². The van der Waals surface area contributed by atoms with Gasteiger partial charge in [0.05, 0.1) is 0 Å². The molecular weight excluding hydrogens is 211 g/mol. The first-order chi connectivity index (χ1) is 5.33. The zero-order valence-electron chi connectivity index (χ0n) is 7.34. The number of aliphatic hydroxyl groups is 1. The van der Waals surface area contributed by atoms with Crippen molar-refractivity contribution in [2.75, 3.05) is 0 Å². The highest BCUT2D eigenvalue weighted by atomic mass is 35.5. The first-order valence-electron chi connectivity index (χ1n) is 3.72. The van der Waals surface area contributed by atoms with Gasteiger partial charge in [0.1, 0.15) is 5.75 Å². The van der Waals surface area contributed by atoms with Gasteiger partial charge in [-0.3, -0.25) is 0 Å². The molecule has 1 aromatic carbocycles. The molecule has 13 heavy (non-hydrogen) atoms.